The van der Waals surface area contributed by atoms with E-state index < -0.39 is 55.3 Å². The predicted octanol–water partition coefficient (Wildman–Crippen LogP) is 1.44. The topological polar surface area (TPSA) is 155 Å². The van der Waals surface area contributed by atoms with E-state index in [9.17, 15) is 24.6 Å². The second-order valence-corrected chi connectivity index (χ2v) is 7.23. The SMILES string of the molecule is CC(=O)N[C@@H]1[C@@H](OC(=O)Nc2ccccc2)[C@H](O)[C@@H](COC(=O)Nc2ccccc2)O[C@H]1O. The molecule has 2 aromatic carbocycles. The van der Waals surface area contributed by atoms with Gasteiger partial charge in [0, 0.05) is 18.3 Å². The normalized spacial score (nSPS) is 24.3. The van der Waals surface area contributed by atoms with Gasteiger partial charge in [-0.25, -0.2) is 9.59 Å². The Morgan fingerprint density at radius 1 is 0.909 bits per heavy atom. The third-order valence-electron chi connectivity index (χ3n) is 4.73. The summed E-state index contributed by atoms with van der Waals surface area (Å²) in [6.45, 7) is 0.743. The maximum atomic E-state index is 12.4. The van der Waals surface area contributed by atoms with E-state index >= 15 is 0 Å². The molecule has 1 heterocycles. The molecule has 1 saturated heterocycles. The van der Waals surface area contributed by atoms with Crippen LogP contribution in [0.5, 0.6) is 0 Å². The fourth-order valence-electron chi connectivity index (χ4n) is 3.23. The third-order valence-corrected chi connectivity index (χ3v) is 4.73. The largest absolute Gasteiger partial charge is 0.446 e. The van der Waals surface area contributed by atoms with Crippen molar-refractivity contribution in [3.8, 4) is 0 Å². The van der Waals surface area contributed by atoms with Gasteiger partial charge in [-0.1, -0.05) is 36.4 Å². The van der Waals surface area contributed by atoms with Crippen molar-refractivity contribution in [1.29, 1.82) is 0 Å². The lowest BCUT2D eigenvalue weighted by atomic mass is 9.96. The van der Waals surface area contributed by atoms with Crippen molar-refractivity contribution in [3.63, 3.8) is 0 Å². The molecule has 5 atom stereocenters. The molecular formula is C22H25N3O8. The fourth-order valence-corrected chi connectivity index (χ4v) is 3.23. The molecule has 1 fully saturated rings. The second-order valence-electron chi connectivity index (χ2n) is 7.23. The number of para-hydroxylation sites is 2. The summed E-state index contributed by atoms with van der Waals surface area (Å²) in [5, 5.41) is 28.5. The Labute approximate surface area is 189 Å². The van der Waals surface area contributed by atoms with Crippen LogP contribution in [0, 0.1) is 0 Å². The second kappa shape index (κ2) is 11.3. The maximum absolute atomic E-state index is 12.4. The van der Waals surface area contributed by atoms with Gasteiger partial charge in [0.05, 0.1) is 0 Å². The standard InChI is InChI=1S/C22H25N3O8/c1-13(26)23-17-19(33-22(30)25-15-10-6-3-7-11-15)18(27)16(32-20(17)28)12-31-21(29)24-14-8-4-2-5-9-14/h2-11,16-20,27-28H,12H2,1H3,(H,23,26)(H,24,29)(H,25,30)/t16-,17-,18-,19-,20-/m1/s1. The lowest BCUT2D eigenvalue weighted by Gasteiger charge is -2.42. The molecule has 33 heavy (non-hydrogen) atoms. The third kappa shape index (κ3) is 6.91. The van der Waals surface area contributed by atoms with E-state index in [0.717, 1.165) is 0 Å². The summed E-state index contributed by atoms with van der Waals surface area (Å²) in [5.41, 5.74) is 0.940. The van der Waals surface area contributed by atoms with Crippen molar-refractivity contribution in [3.05, 3.63) is 60.7 Å². The Morgan fingerprint density at radius 3 is 2.00 bits per heavy atom. The van der Waals surface area contributed by atoms with Crippen LogP contribution in [0.15, 0.2) is 60.7 Å². The predicted molar refractivity (Wildman–Crippen MR) is 116 cm³/mol. The van der Waals surface area contributed by atoms with Gasteiger partial charge < -0.3 is 29.7 Å². The summed E-state index contributed by atoms with van der Waals surface area (Å²) >= 11 is 0. The van der Waals surface area contributed by atoms with Crippen LogP contribution >= 0.6 is 0 Å². The molecule has 176 valence electrons. The Balaban J connectivity index is 1.64. The van der Waals surface area contributed by atoms with Gasteiger partial charge in [0.2, 0.25) is 5.91 Å². The summed E-state index contributed by atoms with van der Waals surface area (Å²) in [6.07, 6.45) is -7.53. The van der Waals surface area contributed by atoms with Crippen molar-refractivity contribution in [1.82, 2.24) is 5.32 Å². The highest BCUT2D eigenvalue weighted by atomic mass is 16.7. The van der Waals surface area contributed by atoms with Crippen LogP contribution in [-0.4, -0.2) is 65.6 Å². The number of hydrogen-bond donors (Lipinski definition) is 5. The first kappa shape index (κ1) is 24.0. The molecule has 0 aromatic heterocycles. The van der Waals surface area contributed by atoms with Gasteiger partial charge in [-0.2, -0.15) is 0 Å². The maximum Gasteiger partial charge on any atom is 0.412 e. The van der Waals surface area contributed by atoms with Gasteiger partial charge in [-0.15, -0.1) is 0 Å². The highest BCUT2D eigenvalue weighted by molar-refractivity contribution is 5.85. The number of benzene rings is 2. The molecule has 2 aromatic rings. The van der Waals surface area contributed by atoms with Gasteiger partial charge >= 0.3 is 12.2 Å². The fraction of sp³-hybridized carbons (Fsp3) is 0.318. The minimum absolute atomic E-state index is 0.443. The Morgan fingerprint density at radius 2 is 1.45 bits per heavy atom. The Kier molecular flexibility index (Phi) is 8.19. The molecule has 0 radical (unpaired) electrons. The van der Waals surface area contributed by atoms with Crippen LogP contribution in [0.1, 0.15) is 6.92 Å². The minimum atomic E-state index is -1.64. The van der Waals surface area contributed by atoms with Gasteiger partial charge in [-0.05, 0) is 24.3 Å². The van der Waals surface area contributed by atoms with Gasteiger partial charge in [-0.3, -0.25) is 15.4 Å². The summed E-state index contributed by atoms with van der Waals surface area (Å²) in [6, 6.07) is 15.7. The molecule has 11 heteroatoms. The Bertz CT molecular complexity index is 943. The van der Waals surface area contributed by atoms with Crippen LogP contribution in [-0.2, 0) is 19.0 Å². The van der Waals surface area contributed by atoms with E-state index in [1.54, 1.807) is 60.7 Å². The average Bonchev–Trinajstić information content (AvgIpc) is 2.78. The average molecular weight is 459 g/mol. The van der Waals surface area contributed by atoms with E-state index in [1.165, 1.54) is 6.92 Å². The molecular weight excluding hydrogens is 434 g/mol. The summed E-state index contributed by atoms with van der Waals surface area (Å²) in [7, 11) is 0. The molecule has 0 bridgehead atoms. The number of hydrogen-bond acceptors (Lipinski definition) is 8. The molecule has 1 aliphatic heterocycles. The van der Waals surface area contributed by atoms with Crippen molar-refractivity contribution in [2.45, 2.75) is 37.6 Å². The number of rotatable bonds is 6. The molecule has 11 nitrogen and oxygen atoms in total. The zero-order valence-electron chi connectivity index (χ0n) is 17.7. The zero-order valence-corrected chi connectivity index (χ0v) is 17.7. The smallest absolute Gasteiger partial charge is 0.412 e. The van der Waals surface area contributed by atoms with Crippen molar-refractivity contribution >= 4 is 29.5 Å². The van der Waals surface area contributed by atoms with Gasteiger partial charge in [0.1, 0.15) is 24.9 Å². The van der Waals surface area contributed by atoms with Gasteiger partial charge in [0.15, 0.2) is 12.4 Å². The molecule has 0 aliphatic carbocycles. The van der Waals surface area contributed by atoms with E-state index in [1.807, 2.05) is 0 Å². The first-order valence-corrected chi connectivity index (χ1v) is 10.1. The molecule has 1 aliphatic rings. The first-order chi connectivity index (χ1) is 15.8. The molecule has 0 unspecified atom stereocenters. The van der Waals surface area contributed by atoms with Crippen LogP contribution in [0.4, 0.5) is 21.0 Å². The zero-order chi connectivity index (χ0) is 23.8. The van der Waals surface area contributed by atoms with E-state index in [-0.39, 0.29) is 0 Å². The highest BCUT2D eigenvalue weighted by Crippen LogP contribution is 2.24. The van der Waals surface area contributed by atoms with Crippen LogP contribution in [0.3, 0.4) is 0 Å². The molecule has 0 spiro atoms. The molecule has 5 N–H and O–H groups in total. The number of ether oxygens (including phenoxy) is 3. The van der Waals surface area contributed by atoms with Crippen molar-refractivity contribution < 1.29 is 38.8 Å². The number of aliphatic hydroxyl groups excluding tert-OH is 2. The van der Waals surface area contributed by atoms with Crippen molar-refractivity contribution in [2.24, 2.45) is 0 Å². The number of carbonyl (C=O) groups excluding carboxylic acids is 3. The number of nitrogens with one attached hydrogen (secondary N) is 3. The molecule has 3 amide bonds. The molecule has 3 rings (SSSR count). The lowest BCUT2D eigenvalue weighted by molar-refractivity contribution is -0.252. The van der Waals surface area contributed by atoms with Crippen LogP contribution in [0.2, 0.25) is 0 Å². The summed E-state index contributed by atoms with van der Waals surface area (Å²) in [5.74, 6) is -0.538. The minimum Gasteiger partial charge on any atom is -0.446 e. The highest BCUT2D eigenvalue weighted by Gasteiger charge is 2.48. The quantitative estimate of drug-likeness (QED) is 0.435. The Hall–Kier alpha value is -3.67. The lowest BCUT2D eigenvalue weighted by Crippen LogP contribution is -2.65. The number of anilines is 2. The number of carbonyl (C=O) groups is 3. The number of amides is 3. The van der Waals surface area contributed by atoms with E-state index in [0.29, 0.717) is 11.4 Å². The molecule has 0 saturated carbocycles. The summed E-state index contributed by atoms with van der Waals surface area (Å²) < 4.78 is 15.7. The van der Waals surface area contributed by atoms with Crippen LogP contribution in [0.25, 0.3) is 0 Å². The number of aliphatic hydroxyl groups is 2. The monoisotopic (exact) mass is 459 g/mol. The van der Waals surface area contributed by atoms with E-state index in [2.05, 4.69) is 16.0 Å². The van der Waals surface area contributed by atoms with Gasteiger partial charge in [0.25, 0.3) is 0 Å². The van der Waals surface area contributed by atoms with Crippen LogP contribution < -0.4 is 16.0 Å². The summed E-state index contributed by atoms with van der Waals surface area (Å²) in [4.78, 5) is 36.0. The van der Waals surface area contributed by atoms with E-state index in [4.69, 9.17) is 14.2 Å². The van der Waals surface area contributed by atoms with Crippen molar-refractivity contribution in [2.75, 3.05) is 17.2 Å². The first-order valence-electron chi connectivity index (χ1n) is 10.1.